The second-order valence-electron chi connectivity index (χ2n) is 8.80. The average molecular weight is 526 g/mol. The van der Waals surface area contributed by atoms with Crippen LogP contribution in [-0.4, -0.2) is 35.4 Å². The van der Waals surface area contributed by atoms with Gasteiger partial charge in [0, 0.05) is 33.2 Å². The van der Waals surface area contributed by atoms with Crippen LogP contribution in [0.25, 0.3) is 0 Å². The van der Waals surface area contributed by atoms with Crippen molar-refractivity contribution in [2.75, 3.05) is 6.61 Å². The highest BCUT2D eigenvalue weighted by molar-refractivity contribution is 6.36. The first-order valence-corrected chi connectivity index (χ1v) is 12.8. The van der Waals surface area contributed by atoms with E-state index in [9.17, 15) is 9.59 Å². The standard InChI is InChI=1S/C26H31Cl3N2O3/c1-4-23(26(33)30-18-8-5-6-9-18)31(14-20-21(27)10-7-11-22(20)28)24(32)15-34-19-12-16(2)25(29)17(3)13-19/h7,10-13,18,23H,4-6,8-9,14-15H2,1-3H3,(H,30,33)/t23-/m0/s1. The van der Waals surface area contributed by atoms with E-state index in [1.165, 1.54) is 4.90 Å². The lowest BCUT2D eigenvalue weighted by Crippen LogP contribution is -2.52. The average Bonchev–Trinajstić information content (AvgIpc) is 3.30. The smallest absolute Gasteiger partial charge is 0.261 e. The number of carbonyl (C=O) groups excluding carboxylic acids is 2. The van der Waals surface area contributed by atoms with E-state index in [0.717, 1.165) is 36.8 Å². The molecule has 3 rings (SSSR count). The zero-order chi connectivity index (χ0) is 24.8. The normalized spacial score (nSPS) is 14.6. The van der Waals surface area contributed by atoms with Gasteiger partial charge < -0.3 is 15.0 Å². The molecule has 1 N–H and O–H groups in total. The van der Waals surface area contributed by atoms with Crippen LogP contribution < -0.4 is 10.1 Å². The fourth-order valence-electron chi connectivity index (χ4n) is 4.36. The van der Waals surface area contributed by atoms with Gasteiger partial charge in [0.25, 0.3) is 5.91 Å². The largest absolute Gasteiger partial charge is 0.484 e. The molecule has 8 heteroatoms. The molecule has 0 aromatic heterocycles. The second-order valence-corrected chi connectivity index (χ2v) is 9.99. The highest BCUT2D eigenvalue weighted by Crippen LogP contribution is 2.28. The molecule has 0 heterocycles. The molecule has 0 unspecified atom stereocenters. The van der Waals surface area contributed by atoms with E-state index in [1.807, 2.05) is 20.8 Å². The van der Waals surface area contributed by atoms with Crippen molar-refractivity contribution in [1.82, 2.24) is 10.2 Å². The molecule has 0 radical (unpaired) electrons. The predicted octanol–water partition coefficient (Wildman–Crippen LogP) is 6.51. The molecule has 0 saturated heterocycles. The van der Waals surface area contributed by atoms with Crippen LogP contribution >= 0.6 is 34.8 Å². The fraction of sp³-hybridized carbons (Fsp3) is 0.462. The van der Waals surface area contributed by atoms with Gasteiger partial charge in [0.1, 0.15) is 11.8 Å². The van der Waals surface area contributed by atoms with Gasteiger partial charge in [0.15, 0.2) is 6.61 Å². The number of ether oxygens (including phenoxy) is 1. The molecule has 1 atom stereocenters. The summed E-state index contributed by atoms with van der Waals surface area (Å²) < 4.78 is 5.82. The van der Waals surface area contributed by atoms with Crippen molar-refractivity contribution in [2.24, 2.45) is 0 Å². The quantitative estimate of drug-likeness (QED) is 0.406. The van der Waals surface area contributed by atoms with Crippen molar-refractivity contribution in [3.05, 3.63) is 62.1 Å². The number of benzene rings is 2. The number of rotatable bonds is 9. The maximum Gasteiger partial charge on any atom is 0.261 e. The number of nitrogens with one attached hydrogen (secondary N) is 1. The summed E-state index contributed by atoms with van der Waals surface area (Å²) in [6.07, 6.45) is 4.59. The highest BCUT2D eigenvalue weighted by Gasteiger charge is 2.31. The highest BCUT2D eigenvalue weighted by atomic mass is 35.5. The van der Waals surface area contributed by atoms with Crippen LogP contribution in [0.4, 0.5) is 0 Å². The van der Waals surface area contributed by atoms with Gasteiger partial charge >= 0.3 is 0 Å². The monoisotopic (exact) mass is 524 g/mol. The summed E-state index contributed by atoms with van der Waals surface area (Å²) in [6, 6.07) is 8.26. The minimum absolute atomic E-state index is 0.107. The van der Waals surface area contributed by atoms with Crippen molar-refractivity contribution in [3.8, 4) is 5.75 Å². The van der Waals surface area contributed by atoms with E-state index < -0.39 is 6.04 Å². The van der Waals surface area contributed by atoms with E-state index in [0.29, 0.717) is 32.8 Å². The Bertz CT molecular complexity index is 995. The molecule has 1 aliphatic carbocycles. The number of nitrogens with zero attached hydrogens (tertiary/aromatic N) is 1. The molecular weight excluding hydrogens is 495 g/mol. The van der Waals surface area contributed by atoms with Gasteiger partial charge in [-0.25, -0.2) is 0 Å². The molecule has 1 fully saturated rings. The lowest BCUT2D eigenvalue weighted by Gasteiger charge is -2.32. The predicted molar refractivity (Wildman–Crippen MR) is 138 cm³/mol. The van der Waals surface area contributed by atoms with Crippen LogP contribution in [0.3, 0.4) is 0 Å². The summed E-state index contributed by atoms with van der Waals surface area (Å²) in [5.74, 6) is 0.0608. The molecule has 34 heavy (non-hydrogen) atoms. The lowest BCUT2D eigenvalue weighted by atomic mass is 10.1. The summed E-state index contributed by atoms with van der Waals surface area (Å²) in [5, 5.41) is 4.68. The first kappa shape index (κ1) is 26.7. The van der Waals surface area contributed by atoms with Crippen LogP contribution in [0.2, 0.25) is 15.1 Å². The second kappa shape index (κ2) is 12.1. The first-order valence-electron chi connectivity index (χ1n) is 11.6. The Morgan fingerprint density at radius 3 is 2.24 bits per heavy atom. The van der Waals surface area contributed by atoms with Gasteiger partial charge in [-0.3, -0.25) is 9.59 Å². The van der Waals surface area contributed by atoms with Gasteiger partial charge in [-0.1, -0.05) is 60.6 Å². The number of carbonyl (C=O) groups is 2. The van der Waals surface area contributed by atoms with Crippen molar-refractivity contribution in [1.29, 1.82) is 0 Å². The number of halogens is 3. The van der Waals surface area contributed by atoms with Gasteiger partial charge in [0.05, 0.1) is 0 Å². The Balaban J connectivity index is 1.83. The molecule has 5 nitrogen and oxygen atoms in total. The molecule has 0 aliphatic heterocycles. The summed E-state index contributed by atoms with van der Waals surface area (Å²) in [7, 11) is 0. The van der Waals surface area contributed by atoms with Crippen LogP contribution in [0.1, 0.15) is 55.7 Å². The third-order valence-corrected chi connectivity index (χ3v) is 7.55. The zero-order valence-corrected chi connectivity index (χ0v) is 22.1. The summed E-state index contributed by atoms with van der Waals surface area (Å²) in [5.41, 5.74) is 2.34. The van der Waals surface area contributed by atoms with Gasteiger partial charge in [-0.2, -0.15) is 0 Å². The molecule has 0 bridgehead atoms. The van der Waals surface area contributed by atoms with Crippen molar-refractivity contribution < 1.29 is 14.3 Å². The fourth-order valence-corrected chi connectivity index (χ4v) is 4.98. The van der Waals surface area contributed by atoms with Crippen molar-refractivity contribution in [3.63, 3.8) is 0 Å². The van der Waals surface area contributed by atoms with Crippen LogP contribution in [-0.2, 0) is 16.1 Å². The summed E-state index contributed by atoms with van der Waals surface area (Å²) in [6.45, 7) is 5.54. The topological polar surface area (TPSA) is 58.6 Å². The first-order chi connectivity index (χ1) is 16.2. The third-order valence-electron chi connectivity index (χ3n) is 6.25. The van der Waals surface area contributed by atoms with E-state index >= 15 is 0 Å². The number of hydrogen-bond donors (Lipinski definition) is 1. The van der Waals surface area contributed by atoms with Gasteiger partial charge in [0.2, 0.25) is 5.91 Å². The SMILES string of the molecule is CC[C@@H](C(=O)NC1CCCC1)N(Cc1c(Cl)cccc1Cl)C(=O)COc1cc(C)c(Cl)c(C)c1. The van der Waals surface area contributed by atoms with Crippen LogP contribution in [0.15, 0.2) is 30.3 Å². The molecule has 2 aromatic carbocycles. The minimum Gasteiger partial charge on any atom is -0.484 e. The van der Waals surface area contributed by atoms with E-state index in [4.69, 9.17) is 39.5 Å². The molecular formula is C26H31Cl3N2O3. The van der Waals surface area contributed by atoms with E-state index in [2.05, 4.69) is 5.32 Å². The Morgan fingerprint density at radius 2 is 1.68 bits per heavy atom. The van der Waals surface area contributed by atoms with Gasteiger partial charge in [-0.05, 0) is 68.5 Å². The summed E-state index contributed by atoms with van der Waals surface area (Å²) in [4.78, 5) is 28.2. The van der Waals surface area contributed by atoms with E-state index in [-0.39, 0.29) is 31.0 Å². The third kappa shape index (κ3) is 6.59. The number of amides is 2. The molecule has 1 saturated carbocycles. The van der Waals surface area contributed by atoms with Gasteiger partial charge in [-0.15, -0.1) is 0 Å². The maximum absolute atomic E-state index is 13.4. The Morgan fingerprint density at radius 1 is 1.09 bits per heavy atom. The maximum atomic E-state index is 13.4. The summed E-state index contributed by atoms with van der Waals surface area (Å²) >= 11 is 19.0. The van der Waals surface area contributed by atoms with Crippen LogP contribution in [0.5, 0.6) is 5.75 Å². The molecule has 184 valence electrons. The van der Waals surface area contributed by atoms with Crippen molar-refractivity contribution in [2.45, 2.75) is 71.5 Å². The molecule has 0 spiro atoms. The Hall–Kier alpha value is -1.95. The Labute approximate surface area is 216 Å². The lowest BCUT2D eigenvalue weighted by molar-refractivity contribution is -0.143. The van der Waals surface area contributed by atoms with E-state index in [1.54, 1.807) is 30.3 Å². The molecule has 1 aliphatic rings. The van der Waals surface area contributed by atoms with Crippen molar-refractivity contribution >= 4 is 46.6 Å². The Kier molecular flexibility index (Phi) is 9.52. The molecule has 2 aromatic rings. The minimum atomic E-state index is -0.669. The number of hydrogen-bond acceptors (Lipinski definition) is 3. The zero-order valence-electron chi connectivity index (χ0n) is 19.8. The molecule has 2 amide bonds. The number of aryl methyl sites for hydroxylation is 2. The van der Waals surface area contributed by atoms with Crippen LogP contribution in [0, 0.1) is 13.8 Å².